The van der Waals surface area contributed by atoms with Gasteiger partial charge in [-0.15, -0.1) is 0 Å². The van der Waals surface area contributed by atoms with Gasteiger partial charge in [0.2, 0.25) is 0 Å². The molecule has 0 aliphatic heterocycles. The molecule has 2 heteroatoms. The van der Waals surface area contributed by atoms with Crippen molar-refractivity contribution in [2.75, 3.05) is 17.7 Å². The summed E-state index contributed by atoms with van der Waals surface area (Å²) in [6.07, 6.45) is 1.11. The van der Waals surface area contributed by atoms with E-state index in [1.807, 2.05) is 12.1 Å². The fraction of sp³-hybridized carbons (Fsp3) is 0.538. The Bertz CT molecular complexity index is 342. The highest BCUT2D eigenvalue weighted by molar-refractivity contribution is 5.61. The maximum absolute atomic E-state index is 5.82. The molecule has 2 N–H and O–H groups in total. The van der Waals surface area contributed by atoms with Gasteiger partial charge in [-0.1, -0.05) is 13.0 Å². The zero-order chi connectivity index (χ0) is 11.6. The Morgan fingerprint density at radius 2 is 1.93 bits per heavy atom. The van der Waals surface area contributed by atoms with Crippen molar-refractivity contribution in [1.82, 2.24) is 0 Å². The van der Waals surface area contributed by atoms with Crippen LogP contribution in [0.25, 0.3) is 0 Å². The molecule has 1 aromatic carbocycles. The van der Waals surface area contributed by atoms with E-state index in [4.69, 9.17) is 5.73 Å². The van der Waals surface area contributed by atoms with Gasteiger partial charge in [0.05, 0.1) is 0 Å². The van der Waals surface area contributed by atoms with Gasteiger partial charge in [0, 0.05) is 24.0 Å². The first-order chi connectivity index (χ1) is 6.88. The van der Waals surface area contributed by atoms with Crippen molar-refractivity contribution in [2.45, 2.75) is 39.7 Å². The SMILES string of the molecule is CCC(C)(C)N(C)c1cc(N)ccc1C. The lowest BCUT2D eigenvalue weighted by molar-refractivity contribution is 0.470. The molecular weight excluding hydrogens is 184 g/mol. The van der Waals surface area contributed by atoms with Gasteiger partial charge in [-0.2, -0.15) is 0 Å². The smallest absolute Gasteiger partial charge is 0.0418 e. The summed E-state index contributed by atoms with van der Waals surface area (Å²) in [7, 11) is 2.13. The Labute approximate surface area is 93.1 Å². The van der Waals surface area contributed by atoms with Crippen LogP contribution in [0.5, 0.6) is 0 Å². The minimum Gasteiger partial charge on any atom is -0.399 e. The third-order valence-electron chi connectivity index (χ3n) is 3.37. The monoisotopic (exact) mass is 206 g/mol. The van der Waals surface area contributed by atoms with Crippen molar-refractivity contribution in [3.8, 4) is 0 Å². The summed E-state index contributed by atoms with van der Waals surface area (Å²) >= 11 is 0. The van der Waals surface area contributed by atoms with Crippen molar-refractivity contribution < 1.29 is 0 Å². The van der Waals surface area contributed by atoms with E-state index in [1.54, 1.807) is 0 Å². The molecule has 0 aromatic heterocycles. The fourth-order valence-electron chi connectivity index (χ4n) is 1.55. The highest BCUT2D eigenvalue weighted by Gasteiger charge is 2.22. The normalized spacial score (nSPS) is 11.5. The quantitative estimate of drug-likeness (QED) is 0.769. The molecule has 0 heterocycles. The Morgan fingerprint density at radius 3 is 2.47 bits per heavy atom. The van der Waals surface area contributed by atoms with Crippen LogP contribution in [-0.4, -0.2) is 12.6 Å². The van der Waals surface area contributed by atoms with Gasteiger partial charge in [0.1, 0.15) is 0 Å². The molecule has 1 rings (SSSR count). The summed E-state index contributed by atoms with van der Waals surface area (Å²) in [4.78, 5) is 2.30. The number of aryl methyl sites for hydroxylation is 1. The highest BCUT2D eigenvalue weighted by atomic mass is 15.2. The van der Waals surface area contributed by atoms with Crippen molar-refractivity contribution in [3.05, 3.63) is 23.8 Å². The summed E-state index contributed by atoms with van der Waals surface area (Å²) < 4.78 is 0. The second-order valence-corrected chi connectivity index (χ2v) is 4.77. The van der Waals surface area contributed by atoms with Crippen molar-refractivity contribution >= 4 is 11.4 Å². The van der Waals surface area contributed by atoms with Gasteiger partial charge < -0.3 is 10.6 Å². The first-order valence-corrected chi connectivity index (χ1v) is 5.48. The van der Waals surface area contributed by atoms with E-state index in [-0.39, 0.29) is 5.54 Å². The van der Waals surface area contributed by atoms with Gasteiger partial charge in [-0.25, -0.2) is 0 Å². The minimum absolute atomic E-state index is 0.165. The third-order valence-corrected chi connectivity index (χ3v) is 3.37. The topological polar surface area (TPSA) is 29.3 Å². The molecule has 0 unspecified atom stereocenters. The average molecular weight is 206 g/mol. The summed E-state index contributed by atoms with van der Waals surface area (Å²) in [5.74, 6) is 0. The number of hydrogen-bond donors (Lipinski definition) is 1. The first kappa shape index (κ1) is 11.9. The maximum atomic E-state index is 5.82. The van der Waals surface area contributed by atoms with Crippen LogP contribution in [0, 0.1) is 6.92 Å². The van der Waals surface area contributed by atoms with Crippen LogP contribution in [-0.2, 0) is 0 Å². The van der Waals surface area contributed by atoms with E-state index in [9.17, 15) is 0 Å². The minimum atomic E-state index is 0.165. The third kappa shape index (κ3) is 2.44. The second-order valence-electron chi connectivity index (χ2n) is 4.77. The van der Waals surface area contributed by atoms with Crippen LogP contribution < -0.4 is 10.6 Å². The van der Waals surface area contributed by atoms with E-state index in [0.717, 1.165) is 12.1 Å². The molecule has 1 aromatic rings. The van der Waals surface area contributed by atoms with E-state index in [2.05, 4.69) is 45.7 Å². The molecule has 0 radical (unpaired) electrons. The number of nitrogen functional groups attached to an aromatic ring is 1. The Morgan fingerprint density at radius 1 is 1.33 bits per heavy atom. The van der Waals surface area contributed by atoms with Crippen LogP contribution in [0.3, 0.4) is 0 Å². The molecule has 0 saturated heterocycles. The van der Waals surface area contributed by atoms with Gasteiger partial charge in [-0.05, 0) is 44.9 Å². The van der Waals surface area contributed by atoms with Crippen LogP contribution in [0.4, 0.5) is 11.4 Å². The Balaban J connectivity index is 3.10. The molecule has 0 spiro atoms. The standard InChI is InChI=1S/C13H22N2/c1-6-13(3,4)15(5)12-9-11(14)8-7-10(12)2/h7-9H,6,14H2,1-5H3. The van der Waals surface area contributed by atoms with Crippen LogP contribution in [0.2, 0.25) is 0 Å². The maximum Gasteiger partial charge on any atom is 0.0418 e. The summed E-state index contributed by atoms with van der Waals surface area (Å²) in [6, 6.07) is 6.07. The lowest BCUT2D eigenvalue weighted by Gasteiger charge is -2.37. The first-order valence-electron chi connectivity index (χ1n) is 5.48. The molecule has 15 heavy (non-hydrogen) atoms. The fourth-order valence-corrected chi connectivity index (χ4v) is 1.55. The lowest BCUT2D eigenvalue weighted by atomic mass is 9.98. The predicted molar refractivity (Wildman–Crippen MR) is 68.4 cm³/mol. The molecule has 0 aliphatic rings. The number of nitrogens with two attached hydrogens (primary N) is 1. The van der Waals surface area contributed by atoms with E-state index in [1.165, 1.54) is 11.3 Å². The van der Waals surface area contributed by atoms with Crippen molar-refractivity contribution in [3.63, 3.8) is 0 Å². The molecule has 0 bridgehead atoms. The molecule has 84 valence electrons. The zero-order valence-electron chi connectivity index (χ0n) is 10.5. The number of anilines is 2. The lowest BCUT2D eigenvalue weighted by Crippen LogP contribution is -2.40. The number of benzene rings is 1. The number of hydrogen-bond acceptors (Lipinski definition) is 2. The van der Waals surface area contributed by atoms with Gasteiger partial charge in [-0.3, -0.25) is 0 Å². The summed E-state index contributed by atoms with van der Waals surface area (Å²) in [6.45, 7) is 8.82. The van der Waals surface area contributed by atoms with Gasteiger partial charge in [0.15, 0.2) is 0 Å². The second kappa shape index (κ2) is 4.13. The van der Waals surface area contributed by atoms with Crippen LogP contribution in [0.1, 0.15) is 32.8 Å². The zero-order valence-corrected chi connectivity index (χ0v) is 10.5. The molecule has 0 fully saturated rings. The highest BCUT2D eigenvalue weighted by Crippen LogP contribution is 2.29. The van der Waals surface area contributed by atoms with E-state index in [0.29, 0.717) is 0 Å². The molecule has 0 aliphatic carbocycles. The number of nitrogens with zero attached hydrogens (tertiary/aromatic N) is 1. The molecular formula is C13H22N2. The molecule has 2 nitrogen and oxygen atoms in total. The predicted octanol–water partition coefficient (Wildman–Crippen LogP) is 3.20. The van der Waals surface area contributed by atoms with E-state index < -0.39 is 0 Å². The molecule has 0 amide bonds. The van der Waals surface area contributed by atoms with Gasteiger partial charge in [0.25, 0.3) is 0 Å². The Hall–Kier alpha value is -1.18. The largest absolute Gasteiger partial charge is 0.399 e. The van der Waals surface area contributed by atoms with Crippen molar-refractivity contribution in [2.24, 2.45) is 0 Å². The van der Waals surface area contributed by atoms with Crippen LogP contribution in [0.15, 0.2) is 18.2 Å². The summed E-state index contributed by atoms with van der Waals surface area (Å²) in [5.41, 5.74) is 9.31. The average Bonchev–Trinajstić information content (AvgIpc) is 2.20. The molecule has 0 saturated carbocycles. The Kier molecular flexibility index (Phi) is 3.28. The van der Waals surface area contributed by atoms with Gasteiger partial charge >= 0.3 is 0 Å². The summed E-state index contributed by atoms with van der Waals surface area (Å²) in [5, 5.41) is 0. The van der Waals surface area contributed by atoms with Crippen LogP contribution >= 0.6 is 0 Å². The number of rotatable bonds is 3. The van der Waals surface area contributed by atoms with E-state index >= 15 is 0 Å². The molecule has 0 atom stereocenters. The van der Waals surface area contributed by atoms with Crippen molar-refractivity contribution in [1.29, 1.82) is 0 Å².